The van der Waals surface area contributed by atoms with Gasteiger partial charge >= 0.3 is 8.80 Å². The summed E-state index contributed by atoms with van der Waals surface area (Å²) in [4.78, 5) is 0. The van der Waals surface area contributed by atoms with Crippen LogP contribution in [0.2, 0.25) is 0 Å². The lowest BCUT2D eigenvalue weighted by Gasteiger charge is -2.33. The molecule has 0 aliphatic carbocycles. The van der Waals surface area contributed by atoms with Crippen molar-refractivity contribution in [1.29, 1.82) is 0 Å². The van der Waals surface area contributed by atoms with Crippen molar-refractivity contribution in [1.82, 2.24) is 5.01 Å². The summed E-state index contributed by atoms with van der Waals surface area (Å²) >= 11 is 0. The third kappa shape index (κ3) is 6.74. The average Bonchev–Trinajstić information content (AvgIpc) is 2.46. The minimum atomic E-state index is -2.99. The van der Waals surface area contributed by atoms with Gasteiger partial charge in [0.25, 0.3) is 0 Å². The van der Waals surface area contributed by atoms with Crippen LogP contribution in [-0.2, 0) is 13.3 Å². The van der Waals surface area contributed by atoms with Gasteiger partial charge in [0.15, 0.2) is 0 Å². The Hall–Kier alpha value is -0.473. The molecule has 0 heterocycles. The van der Waals surface area contributed by atoms with E-state index in [0.29, 0.717) is 13.2 Å². The fourth-order valence-electron chi connectivity index (χ4n) is 1.86. The minimum absolute atomic E-state index is 0.0624. The molecule has 0 bridgehead atoms. The zero-order chi connectivity index (χ0) is 17.2. The van der Waals surface area contributed by atoms with Crippen molar-refractivity contribution < 1.29 is 13.3 Å². The molecule has 6 nitrogen and oxygen atoms in total. The summed E-state index contributed by atoms with van der Waals surface area (Å²) in [7, 11) is -1.12. The normalized spacial score (nSPS) is 15.7. The van der Waals surface area contributed by atoms with E-state index in [9.17, 15) is 0 Å². The quantitative estimate of drug-likeness (QED) is 0.257. The molecular formula is C15H35N3O3Si. The first-order valence-electron chi connectivity index (χ1n) is 8.38. The van der Waals surface area contributed by atoms with Gasteiger partial charge in [0.1, 0.15) is 5.33 Å². The van der Waals surface area contributed by atoms with Crippen molar-refractivity contribution in [3.63, 3.8) is 0 Å². The zero-order valence-electron chi connectivity index (χ0n) is 15.4. The van der Waals surface area contributed by atoms with Gasteiger partial charge in [-0.1, -0.05) is 20.3 Å². The van der Waals surface area contributed by atoms with E-state index in [4.69, 9.17) is 19.0 Å². The van der Waals surface area contributed by atoms with Crippen molar-refractivity contribution >= 4 is 14.1 Å². The maximum Gasteiger partial charge on any atom is 0.554 e. The van der Waals surface area contributed by atoms with Crippen LogP contribution in [0.15, 0.2) is 5.10 Å². The first-order valence-corrected chi connectivity index (χ1v) is 10.1. The van der Waals surface area contributed by atoms with E-state index in [1.54, 1.807) is 5.01 Å². The second-order valence-electron chi connectivity index (χ2n) is 5.37. The van der Waals surface area contributed by atoms with Crippen LogP contribution in [0, 0.1) is 0 Å². The molecular weight excluding hydrogens is 298 g/mol. The highest BCUT2D eigenvalue weighted by molar-refractivity contribution is 6.93. The van der Waals surface area contributed by atoms with Gasteiger partial charge in [-0.05, 0) is 40.5 Å². The Bertz CT molecular complexity index is 321. The van der Waals surface area contributed by atoms with Gasteiger partial charge in [0, 0.05) is 26.4 Å². The maximum absolute atomic E-state index is 6.26. The van der Waals surface area contributed by atoms with Gasteiger partial charge < -0.3 is 19.0 Å². The summed E-state index contributed by atoms with van der Waals surface area (Å²) in [6.07, 6.45) is 2.51. The molecule has 0 aromatic heterocycles. The lowest BCUT2D eigenvalue weighted by atomic mass is 10.3. The standard InChI is InChI=1S/C15H35N3O3Si/c1-8-12-15(17-18(7)14(6)16)22(19-10-3,20-11-4)21-13(5)9-2/h13-14H,8-12,16H2,1-7H3/b17-15+. The third-order valence-corrected chi connectivity index (χ3v) is 6.42. The van der Waals surface area contributed by atoms with Gasteiger partial charge in [0.05, 0.1) is 6.17 Å². The summed E-state index contributed by atoms with van der Waals surface area (Å²) in [5.41, 5.74) is 5.91. The van der Waals surface area contributed by atoms with Crippen LogP contribution in [-0.4, -0.2) is 51.7 Å². The third-order valence-electron chi connectivity index (χ3n) is 3.31. The van der Waals surface area contributed by atoms with Gasteiger partial charge in [0.2, 0.25) is 0 Å². The highest BCUT2D eigenvalue weighted by Gasteiger charge is 2.48. The Labute approximate surface area is 137 Å². The van der Waals surface area contributed by atoms with E-state index >= 15 is 0 Å². The van der Waals surface area contributed by atoms with E-state index in [1.807, 2.05) is 34.7 Å². The molecule has 0 radical (unpaired) electrons. The SMILES string of the molecule is CCC/C(=N\N(C)C(C)N)[Si](OCC)(OCC)OC(C)CC. The molecule has 0 aromatic carbocycles. The van der Waals surface area contributed by atoms with Gasteiger partial charge in [-0.2, -0.15) is 5.10 Å². The van der Waals surface area contributed by atoms with Gasteiger partial charge in [-0.3, -0.25) is 5.01 Å². The average molecular weight is 334 g/mol. The lowest BCUT2D eigenvalue weighted by Crippen LogP contribution is -2.56. The van der Waals surface area contributed by atoms with Crippen molar-refractivity contribution in [3.05, 3.63) is 0 Å². The van der Waals surface area contributed by atoms with E-state index in [0.717, 1.165) is 24.6 Å². The second-order valence-corrected chi connectivity index (χ2v) is 7.87. The fourth-order valence-corrected chi connectivity index (χ4v) is 4.84. The molecule has 0 fully saturated rings. The Balaban J connectivity index is 5.68. The van der Waals surface area contributed by atoms with E-state index in [-0.39, 0.29) is 12.3 Å². The number of hydrogen-bond acceptors (Lipinski definition) is 6. The van der Waals surface area contributed by atoms with Crippen LogP contribution >= 0.6 is 0 Å². The predicted molar refractivity (Wildman–Crippen MR) is 93.6 cm³/mol. The highest BCUT2D eigenvalue weighted by atomic mass is 28.4. The molecule has 0 saturated heterocycles. The highest BCUT2D eigenvalue weighted by Crippen LogP contribution is 2.20. The summed E-state index contributed by atoms with van der Waals surface area (Å²) < 4.78 is 18.3. The molecule has 0 aliphatic rings. The molecule has 0 spiro atoms. The first-order chi connectivity index (χ1) is 10.4. The molecule has 2 atom stereocenters. The van der Waals surface area contributed by atoms with E-state index < -0.39 is 8.80 Å². The summed E-state index contributed by atoms with van der Waals surface area (Å²) in [5, 5.41) is 7.28. The molecule has 7 heteroatoms. The van der Waals surface area contributed by atoms with E-state index in [2.05, 4.69) is 18.9 Å². The molecule has 22 heavy (non-hydrogen) atoms. The second kappa shape index (κ2) is 11.1. The molecule has 0 aliphatic heterocycles. The number of hydrazone groups is 1. The van der Waals surface area contributed by atoms with Crippen molar-refractivity contribution in [2.75, 3.05) is 20.3 Å². The van der Waals surface area contributed by atoms with Crippen LogP contribution in [0.25, 0.3) is 0 Å². The first kappa shape index (κ1) is 21.5. The molecule has 0 saturated carbocycles. The van der Waals surface area contributed by atoms with Gasteiger partial charge in [-0.15, -0.1) is 0 Å². The summed E-state index contributed by atoms with van der Waals surface area (Å²) in [5.74, 6) is 0. The van der Waals surface area contributed by atoms with Crippen LogP contribution < -0.4 is 5.73 Å². The van der Waals surface area contributed by atoms with Crippen LogP contribution in [0.3, 0.4) is 0 Å². The summed E-state index contributed by atoms with van der Waals surface area (Å²) in [6, 6.07) is 0. The molecule has 0 rings (SSSR count). The Kier molecular flexibility index (Phi) is 10.9. The predicted octanol–water partition coefficient (Wildman–Crippen LogP) is 2.75. The summed E-state index contributed by atoms with van der Waals surface area (Å²) in [6.45, 7) is 13.1. The van der Waals surface area contributed by atoms with Crippen LogP contribution in [0.4, 0.5) is 0 Å². The zero-order valence-corrected chi connectivity index (χ0v) is 16.4. The largest absolute Gasteiger partial charge is 0.554 e. The lowest BCUT2D eigenvalue weighted by molar-refractivity contribution is 0.0524. The molecule has 0 amide bonds. The number of rotatable bonds is 12. The van der Waals surface area contributed by atoms with Crippen LogP contribution in [0.1, 0.15) is 60.8 Å². The van der Waals surface area contributed by atoms with Crippen molar-refractivity contribution in [2.24, 2.45) is 10.8 Å². The molecule has 132 valence electrons. The number of nitrogens with zero attached hydrogens (tertiary/aromatic N) is 2. The fraction of sp³-hybridized carbons (Fsp3) is 0.933. The van der Waals surface area contributed by atoms with Gasteiger partial charge in [-0.25, -0.2) is 0 Å². The van der Waals surface area contributed by atoms with E-state index in [1.165, 1.54) is 0 Å². The monoisotopic (exact) mass is 333 g/mol. The Morgan fingerprint density at radius 1 is 1.14 bits per heavy atom. The number of hydrogen-bond donors (Lipinski definition) is 1. The molecule has 0 aromatic rings. The maximum atomic E-state index is 6.26. The Morgan fingerprint density at radius 3 is 2.05 bits per heavy atom. The number of nitrogens with two attached hydrogens (primary N) is 1. The smallest absolute Gasteiger partial charge is 0.370 e. The van der Waals surface area contributed by atoms with Crippen LogP contribution in [0.5, 0.6) is 0 Å². The van der Waals surface area contributed by atoms with Crippen molar-refractivity contribution in [2.45, 2.75) is 73.1 Å². The minimum Gasteiger partial charge on any atom is -0.370 e. The Morgan fingerprint density at radius 2 is 1.68 bits per heavy atom. The van der Waals surface area contributed by atoms with Crippen molar-refractivity contribution in [3.8, 4) is 0 Å². The molecule has 2 N–H and O–H groups in total. The molecule has 2 unspecified atom stereocenters. The topological polar surface area (TPSA) is 69.3 Å².